The Hall–Kier alpha value is -1.36. The molecule has 0 spiro atoms. The molecule has 0 aliphatic carbocycles. The molecule has 0 radical (unpaired) electrons. The van der Waals surface area contributed by atoms with Crippen molar-refractivity contribution in [1.82, 2.24) is 9.97 Å². The lowest BCUT2D eigenvalue weighted by Gasteiger charge is -2.19. The third kappa shape index (κ3) is 5.74. The Labute approximate surface area is 122 Å². The number of aromatic nitrogens is 2. The fraction of sp³-hybridized carbons (Fsp3) is 0.733. The maximum absolute atomic E-state index is 5.71. The predicted octanol–water partition coefficient (Wildman–Crippen LogP) is 3.01. The van der Waals surface area contributed by atoms with E-state index in [0.29, 0.717) is 25.6 Å². The topological polar surface area (TPSA) is 56.3 Å². The molecular weight excluding hydrogens is 254 g/mol. The van der Waals surface area contributed by atoms with Crippen LogP contribution in [0.2, 0.25) is 0 Å². The normalized spacial score (nSPS) is 11.4. The second kappa shape index (κ2) is 8.04. The van der Waals surface area contributed by atoms with E-state index in [2.05, 4.69) is 43.0 Å². The summed E-state index contributed by atoms with van der Waals surface area (Å²) in [4.78, 5) is 9.05. The van der Waals surface area contributed by atoms with Crippen LogP contribution in [-0.2, 0) is 10.2 Å². The summed E-state index contributed by atoms with van der Waals surface area (Å²) in [5.41, 5.74) is -0.109. The first kappa shape index (κ1) is 16.7. The number of anilines is 1. The van der Waals surface area contributed by atoms with Gasteiger partial charge in [-0.2, -0.15) is 4.98 Å². The van der Waals surface area contributed by atoms with Crippen LogP contribution < -0.4 is 10.1 Å². The van der Waals surface area contributed by atoms with Crippen molar-refractivity contribution in [3.8, 4) is 5.88 Å². The molecule has 0 aliphatic rings. The maximum atomic E-state index is 5.71. The molecule has 0 atom stereocenters. The summed E-state index contributed by atoms with van der Waals surface area (Å²) in [7, 11) is 1.68. The van der Waals surface area contributed by atoms with Gasteiger partial charge in [-0.05, 0) is 6.42 Å². The maximum Gasteiger partial charge on any atom is 0.218 e. The number of methoxy groups -OCH3 is 1. The molecule has 0 saturated carbocycles. The number of nitrogens with zero attached hydrogens (tertiary/aromatic N) is 2. The van der Waals surface area contributed by atoms with Gasteiger partial charge >= 0.3 is 0 Å². The third-order valence-corrected chi connectivity index (χ3v) is 2.73. The van der Waals surface area contributed by atoms with Crippen LogP contribution in [-0.4, -0.2) is 36.8 Å². The van der Waals surface area contributed by atoms with Crippen molar-refractivity contribution in [2.45, 2.75) is 46.0 Å². The number of unbranched alkanes of at least 4 members (excludes halogenated alkanes) is 1. The van der Waals surface area contributed by atoms with Crippen LogP contribution in [0.4, 0.5) is 5.82 Å². The van der Waals surface area contributed by atoms with Crippen LogP contribution >= 0.6 is 0 Å². The summed E-state index contributed by atoms with van der Waals surface area (Å²) in [6.45, 7) is 10.5. The Morgan fingerprint density at radius 2 is 1.95 bits per heavy atom. The molecule has 5 heteroatoms. The lowest BCUT2D eigenvalue weighted by Crippen LogP contribution is -2.19. The average molecular weight is 281 g/mol. The average Bonchev–Trinajstić information content (AvgIpc) is 2.38. The molecule has 1 heterocycles. The van der Waals surface area contributed by atoms with Crippen LogP contribution in [0.1, 0.15) is 46.4 Å². The fourth-order valence-corrected chi connectivity index (χ4v) is 1.53. The van der Waals surface area contributed by atoms with Crippen molar-refractivity contribution in [2.24, 2.45) is 0 Å². The molecule has 0 amide bonds. The highest BCUT2D eigenvalue weighted by atomic mass is 16.5. The lowest BCUT2D eigenvalue weighted by molar-refractivity contribution is 0.210. The zero-order chi connectivity index (χ0) is 15.0. The summed E-state index contributed by atoms with van der Waals surface area (Å²) in [6.07, 6.45) is 2.14. The molecule has 0 fully saturated rings. The highest BCUT2D eigenvalue weighted by Gasteiger charge is 2.19. The number of nitrogens with one attached hydrogen (secondary N) is 1. The second-order valence-corrected chi connectivity index (χ2v) is 5.79. The van der Waals surface area contributed by atoms with E-state index in [1.54, 1.807) is 7.11 Å². The predicted molar refractivity (Wildman–Crippen MR) is 81.5 cm³/mol. The van der Waals surface area contributed by atoms with Gasteiger partial charge in [0.05, 0.1) is 13.2 Å². The molecule has 0 unspecified atom stereocenters. The van der Waals surface area contributed by atoms with Crippen LogP contribution in [0.15, 0.2) is 6.07 Å². The van der Waals surface area contributed by atoms with Gasteiger partial charge in [0.25, 0.3) is 0 Å². The first-order valence-corrected chi connectivity index (χ1v) is 7.22. The van der Waals surface area contributed by atoms with E-state index < -0.39 is 0 Å². The number of hydrogen-bond acceptors (Lipinski definition) is 5. The molecular formula is C15H27N3O2. The van der Waals surface area contributed by atoms with Crippen molar-refractivity contribution >= 4 is 5.82 Å². The summed E-state index contributed by atoms with van der Waals surface area (Å²) < 4.78 is 10.7. The van der Waals surface area contributed by atoms with Crippen LogP contribution in [0.25, 0.3) is 0 Å². The van der Waals surface area contributed by atoms with Crippen molar-refractivity contribution < 1.29 is 9.47 Å². The molecule has 1 N–H and O–H groups in total. The van der Waals surface area contributed by atoms with Crippen LogP contribution in [0.5, 0.6) is 5.88 Å². The van der Waals surface area contributed by atoms with E-state index in [9.17, 15) is 0 Å². The molecule has 1 rings (SSSR count). The van der Waals surface area contributed by atoms with E-state index in [0.717, 1.165) is 24.5 Å². The highest BCUT2D eigenvalue weighted by molar-refractivity contribution is 5.39. The van der Waals surface area contributed by atoms with Gasteiger partial charge in [0, 0.05) is 25.1 Å². The SMILES string of the molecule is CCCCOc1cc(NCCOC)nc(C(C)(C)C)n1. The Morgan fingerprint density at radius 3 is 2.55 bits per heavy atom. The van der Waals surface area contributed by atoms with Crippen molar-refractivity contribution in [1.29, 1.82) is 0 Å². The summed E-state index contributed by atoms with van der Waals surface area (Å²) in [6, 6.07) is 1.85. The molecule has 0 bridgehead atoms. The van der Waals surface area contributed by atoms with Gasteiger partial charge in [0.15, 0.2) is 0 Å². The molecule has 0 saturated heterocycles. The Bertz CT molecular complexity index is 374. The molecule has 0 aliphatic heterocycles. The molecule has 5 nitrogen and oxygen atoms in total. The van der Waals surface area contributed by atoms with E-state index in [4.69, 9.17) is 9.47 Å². The molecule has 1 aromatic rings. The van der Waals surface area contributed by atoms with Crippen molar-refractivity contribution in [3.63, 3.8) is 0 Å². The minimum Gasteiger partial charge on any atom is -0.478 e. The van der Waals surface area contributed by atoms with Crippen molar-refractivity contribution in [3.05, 3.63) is 11.9 Å². The Balaban J connectivity index is 2.84. The van der Waals surface area contributed by atoms with Gasteiger partial charge in [0.2, 0.25) is 5.88 Å². The first-order valence-electron chi connectivity index (χ1n) is 7.22. The zero-order valence-corrected chi connectivity index (χ0v) is 13.3. The Kier molecular flexibility index (Phi) is 6.71. The van der Waals surface area contributed by atoms with E-state index in [-0.39, 0.29) is 5.41 Å². The number of hydrogen-bond donors (Lipinski definition) is 1. The molecule has 1 aromatic heterocycles. The van der Waals surface area contributed by atoms with Crippen molar-refractivity contribution in [2.75, 3.05) is 32.2 Å². The molecule has 20 heavy (non-hydrogen) atoms. The van der Waals surface area contributed by atoms with E-state index >= 15 is 0 Å². The van der Waals surface area contributed by atoms with Gasteiger partial charge in [-0.1, -0.05) is 34.1 Å². The smallest absolute Gasteiger partial charge is 0.218 e. The number of ether oxygens (including phenoxy) is 2. The van der Waals surface area contributed by atoms with E-state index in [1.165, 1.54) is 0 Å². The van der Waals surface area contributed by atoms with Gasteiger partial charge in [0.1, 0.15) is 11.6 Å². The third-order valence-electron chi connectivity index (χ3n) is 2.73. The largest absolute Gasteiger partial charge is 0.478 e. The highest BCUT2D eigenvalue weighted by Crippen LogP contribution is 2.23. The number of rotatable bonds is 8. The quantitative estimate of drug-likeness (QED) is 0.742. The second-order valence-electron chi connectivity index (χ2n) is 5.79. The summed E-state index contributed by atoms with van der Waals surface area (Å²) in [5.74, 6) is 2.21. The van der Waals surface area contributed by atoms with E-state index in [1.807, 2.05) is 6.07 Å². The standard InChI is InChI=1S/C15H27N3O2/c1-6-7-9-20-13-11-12(16-8-10-19-5)17-14(18-13)15(2,3)4/h11H,6-10H2,1-5H3,(H,16,17,18). The first-order chi connectivity index (χ1) is 9.47. The molecule has 0 aromatic carbocycles. The van der Waals surface area contributed by atoms with Gasteiger partial charge in [-0.25, -0.2) is 4.98 Å². The minimum atomic E-state index is -0.109. The lowest BCUT2D eigenvalue weighted by atomic mass is 9.96. The van der Waals surface area contributed by atoms with Gasteiger partial charge < -0.3 is 14.8 Å². The fourth-order valence-electron chi connectivity index (χ4n) is 1.53. The minimum absolute atomic E-state index is 0.109. The Morgan fingerprint density at radius 1 is 1.20 bits per heavy atom. The summed E-state index contributed by atoms with van der Waals surface area (Å²) >= 11 is 0. The van der Waals surface area contributed by atoms with Crippen LogP contribution in [0.3, 0.4) is 0 Å². The van der Waals surface area contributed by atoms with Gasteiger partial charge in [-0.3, -0.25) is 0 Å². The van der Waals surface area contributed by atoms with Gasteiger partial charge in [-0.15, -0.1) is 0 Å². The molecule has 114 valence electrons. The monoisotopic (exact) mass is 281 g/mol. The zero-order valence-electron chi connectivity index (χ0n) is 13.3. The van der Waals surface area contributed by atoms with Crippen LogP contribution in [0, 0.1) is 0 Å². The summed E-state index contributed by atoms with van der Waals surface area (Å²) in [5, 5.41) is 3.23.